The van der Waals surface area contributed by atoms with Gasteiger partial charge in [0, 0.05) is 6.07 Å². The second-order valence-electron chi connectivity index (χ2n) is 5.10. The number of pyridine rings is 1. The molecule has 3 heterocycles. The van der Waals surface area contributed by atoms with Gasteiger partial charge in [-0.1, -0.05) is 23.5 Å². The Kier molecular flexibility index (Phi) is 2.96. The number of sulfonamides is 1. The van der Waals surface area contributed by atoms with Crippen LogP contribution in [0.25, 0.3) is 10.2 Å². The number of amidine groups is 1. The maximum absolute atomic E-state index is 12.5. The summed E-state index contributed by atoms with van der Waals surface area (Å²) in [4.78, 5) is 12.5. The number of nitrogens with two attached hydrogens (primary N) is 1. The fraction of sp³-hybridized carbons (Fsp3) is 0. The Labute approximate surface area is 139 Å². The summed E-state index contributed by atoms with van der Waals surface area (Å²) in [6.45, 7) is 0. The number of aromatic nitrogens is 1. The summed E-state index contributed by atoms with van der Waals surface area (Å²) in [6, 6.07) is 9.10. The Morgan fingerprint density at radius 3 is 2.79 bits per heavy atom. The summed E-state index contributed by atoms with van der Waals surface area (Å²) in [5, 5.41) is 12.4. The van der Waals surface area contributed by atoms with E-state index in [1.165, 1.54) is 18.2 Å². The highest BCUT2D eigenvalue weighted by Crippen LogP contribution is 2.31. The second-order valence-corrected chi connectivity index (χ2v) is 7.74. The molecule has 4 N–H and O–H groups in total. The van der Waals surface area contributed by atoms with Crippen LogP contribution >= 0.6 is 11.3 Å². The fourth-order valence-electron chi connectivity index (χ4n) is 2.51. The third-order valence-electron chi connectivity index (χ3n) is 3.60. The van der Waals surface area contributed by atoms with Crippen LogP contribution in [0.1, 0.15) is 5.56 Å². The van der Waals surface area contributed by atoms with Crippen molar-refractivity contribution in [1.82, 2.24) is 4.68 Å². The molecule has 0 bridgehead atoms. The van der Waals surface area contributed by atoms with E-state index in [1.54, 1.807) is 18.2 Å². The molecule has 1 aliphatic rings. The number of thiophene rings is 1. The lowest BCUT2D eigenvalue weighted by Crippen LogP contribution is -2.35. The van der Waals surface area contributed by atoms with E-state index in [9.17, 15) is 18.3 Å². The highest BCUT2D eigenvalue weighted by molar-refractivity contribution is 7.90. The van der Waals surface area contributed by atoms with Gasteiger partial charge in [-0.3, -0.25) is 4.79 Å². The molecule has 4 rings (SSSR count). The highest BCUT2D eigenvalue weighted by atomic mass is 32.2. The van der Waals surface area contributed by atoms with Gasteiger partial charge in [0.05, 0.1) is 21.5 Å². The minimum absolute atomic E-state index is 0.00254. The average molecular weight is 362 g/mol. The van der Waals surface area contributed by atoms with Crippen molar-refractivity contribution in [3.05, 3.63) is 52.3 Å². The Bertz CT molecular complexity index is 1190. The molecule has 0 saturated carbocycles. The number of rotatable bonds is 1. The third-order valence-corrected chi connectivity index (χ3v) is 5.80. The summed E-state index contributed by atoms with van der Waals surface area (Å²) >= 11 is 1.02. The largest absolute Gasteiger partial charge is 0.499 e. The zero-order valence-electron chi connectivity index (χ0n) is 11.9. The van der Waals surface area contributed by atoms with Crippen LogP contribution in [-0.4, -0.2) is 24.0 Å². The van der Waals surface area contributed by atoms with Gasteiger partial charge in [-0.25, -0.2) is 4.68 Å². The molecule has 1 aromatic carbocycles. The third kappa shape index (κ3) is 2.07. The average Bonchev–Trinajstić information content (AvgIpc) is 2.91. The molecule has 0 radical (unpaired) electrons. The normalized spacial score (nSPS) is 15.6. The summed E-state index contributed by atoms with van der Waals surface area (Å²) in [5.74, 6) is 5.66. The molecule has 3 aromatic rings. The van der Waals surface area contributed by atoms with Crippen molar-refractivity contribution in [1.29, 1.82) is 0 Å². The first-order valence-electron chi connectivity index (χ1n) is 6.72. The van der Waals surface area contributed by atoms with Crippen molar-refractivity contribution in [2.45, 2.75) is 4.90 Å². The van der Waals surface area contributed by atoms with Gasteiger partial charge in [0.1, 0.15) is 4.90 Å². The summed E-state index contributed by atoms with van der Waals surface area (Å²) in [7, 11) is -3.93. The predicted molar refractivity (Wildman–Crippen MR) is 91.7 cm³/mol. The number of nitrogen functional groups attached to an aromatic ring is 1. The molecular weight excluding hydrogens is 352 g/mol. The smallest absolute Gasteiger partial charge is 0.286 e. The number of fused-ring (bicyclic) bond motifs is 2. The second kappa shape index (κ2) is 4.82. The maximum Gasteiger partial charge on any atom is 0.286 e. The van der Waals surface area contributed by atoms with E-state index < -0.39 is 15.6 Å². The fourth-order valence-corrected chi connectivity index (χ4v) is 4.47. The topological polar surface area (TPSA) is 127 Å². The number of para-hydroxylation sites is 1. The van der Waals surface area contributed by atoms with Crippen molar-refractivity contribution >= 4 is 43.1 Å². The van der Waals surface area contributed by atoms with Gasteiger partial charge in [-0.15, -0.1) is 4.40 Å². The molecule has 0 aliphatic carbocycles. The van der Waals surface area contributed by atoms with Crippen LogP contribution in [0.4, 0.5) is 5.69 Å². The van der Waals surface area contributed by atoms with E-state index in [2.05, 4.69) is 9.71 Å². The number of anilines is 1. The summed E-state index contributed by atoms with van der Waals surface area (Å²) in [5.41, 5.74) is 0.0663. The Morgan fingerprint density at radius 2 is 2.00 bits per heavy atom. The van der Waals surface area contributed by atoms with E-state index in [4.69, 9.17) is 5.84 Å². The van der Waals surface area contributed by atoms with E-state index >= 15 is 0 Å². The number of hydrogen-bond donors (Lipinski definition) is 3. The molecule has 0 atom stereocenters. The first kappa shape index (κ1) is 14.7. The van der Waals surface area contributed by atoms with E-state index in [1.807, 2.05) is 0 Å². The molecule has 10 heteroatoms. The molecule has 0 unspecified atom stereocenters. The van der Waals surface area contributed by atoms with E-state index in [-0.39, 0.29) is 21.4 Å². The molecular formula is C14H10N4O4S2. The zero-order chi connectivity index (χ0) is 17.1. The molecule has 1 aliphatic heterocycles. The van der Waals surface area contributed by atoms with Crippen LogP contribution < -0.4 is 16.7 Å². The lowest BCUT2D eigenvalue weighted by molar-refractivity contribution is 0.491. The Hall–Kier alpha value is -2.85. The predicted octanol–water partition coefficient (Wildman–Crippen LogP) is 1.04. The van der Waals surface area contributed by atoms with Crippen LogP contribution in [0.15, 0.2) is 50.5 Å². The highest BCUT2D eigenvalue weighted by Gasteiger charge is 2.27. The van der Waals surface area contributed by atoms with Gasteiger partial charge in [-0.2, -0.15) is 8.42 Å². The van der Waals surface area contributed by atoms with Gasteiger partial charge in [0.25, 0.3) is 15.6 Å². The number of aromatic hydroxyl groups is 1. The minimum atomic E-state index is -3.93. The van der Waals surface area contributed by atoms with Crippen molar-refractivity contribution in [2.75, 3.05) is 11.2 Å². The van der Waals surface area contributed by atoms with Crippen molar-refractivity contribution in [3.63, 3.8) is 0 Å². The number of benzene rings is 1. The van der Waals surface area contributed by atoms with Gasteiger partial charge < -0.3 is 16.3 Å². The number of hydrogen-bond acceptors (Lipinski definition) is 7. The monoisotopic (exact) mass is 362 g/mol. The first-order chi connectivity index (χ1) is 11.4. The van der Waals surface area contributed by atoms with E-state index in [0.717, 1.165) is 16.0 Å². The first-order valence-corrected chi connectivity index (χ1v) is 8.97. The Balaban J connectivity index is 1.98. The SMILES string of the molecule is Nn1c(=O)c(C2=NS(=O)(=O)c3ccccc3N2)cc2sc(O)cc21. The quantitative estimate of drug-likeness (QED) is 0.555. The molecule has 122 valence electrons. The van der Waals surface area contributed by atoms with Gasteiger partial charge in [0.2, 0.25) is 0 Å². The van der Waals surface area contributed by atoms with Crippen LogP contribution in [0.5, 0.6) is 5.06 Å². The molecule has 8 nitrogen and oxygen atoms in total. The summed E-state index contributed by atoms with van der Waals surface area (Å²) in [6.07, 6.45) is 0. The zero-order valence-corrected chi connectivity index (χ0v) is 13.6. The molecule has 0 fully saturated rings. The van der Waals surface area contributed by atoms with Crippen LogP contribution in [0, 0.1) is 0 Å². The number of nitrogens with one attached hydrogen (secondary N) is 1. The van der Waals surface area contributed by atoms with E-state index in [0.29, 0.717) is 15.9 Å². The molecule has 24 heavy (non-hydrogen) atoms. The maximum atomic E-state index is 12.5. The summed E-state index contributed by atoms with van der Waals surface area (Å²) < 4.78 is 29.7. The van der Waals surface area contributed by atoms with Gasteiger partial charge in [0.15, 0.2) is 10.9 Å². The van der Waals surface area contributed by atoms with Gasteiger partial charge >= 0.3 is 0 Å². The standard InChI is InChI=1S/C14H10N4O4S2/c15-18-9-6-12(19)23-10(9)5-7(14(18)20)13-16-8-3-1-2-4-11(8)24(21,22)17-13/h1-6,19H,15H2,(H,16,17). The van der Waals surface area contributed by atoms with Gasteiger partial charge in [-0.05, 0) is 18.2 Å². The minimum Gasteiger partial charge on any atom is -0.499 e. The van der Waals surface area contributed by atoms with Crippen molar-refractivity contribution in [3.8, 4) is 5.06 Å². The van der Waals surface area contributed by atoms with Crippen LogP contribution in [0.2, 0.25) is 0 Å². The van der Waals surface area contributed by atoms with Crippen molar-refractivity contribution in [2.24, 2.45) is 4.40 Å². The van der Waals surface area contributed by atoms with Crippen LogP contribution in [0.3, 0.4) is 0 Å². The lowest BCUT2D eigenvalue weighted by Gasteiger charge is -2.18. The molecule has 0 amide bonds. The molecule has 0 saturated heterocycles. The van der Waals surface area contributed by atoms with Crippen molar-refractivity contribution < 1.29 is 13.5 Å². The molecule has 0 spiro atoms. The Morgan fingerprint density at radius 1 is 1.25 bits per heavy atom. The lowest BCUT2D eigenvalue weighted by atomic mass is 10.2. The number of nitrogens with zero attached hydrogens (tertiary/aromatic N) is 2. The van der Waals surface area contributed by atoms with Crippen LogP contribution in [-0.2, 0) is 10.0 Å². The molecule has 2 aromatic heterocycles.